The fraction of sp³-hybridized carbons (Fsp3) is 0.350. The molecule has 7 nitrogen and oxygen atoms in total. The van der Waals surface area contributed by atoms with Crippen LogP contribution in [0.5, 0.6) is 28.7 Å². The van der Waals surface area contributed by atoms with Crippen molar-refractivity contribution in [3.63, 3.8) is 0 Å². The quantitative estimate of drug-likeness (QED) is 0.801. The molecule has 2 unspecified atom stereocenters. The standard InChI is InChI=1S/C20H21NO6/c1-11-16(12-5-7-13(22-2)8-6-12)21-27-17(11)14-9-15(23-3)19-20(18(14)24-4)26-10-25-19/h5-9,11,17H,10H2,1-4H3. The lowest BCUT2D eigenvalue weighted by Crippen LogP contribution is -2.15. The maximum Gasteiger partial charge on any atom is 0.231 e. The summed E-state index contributed by atoms with van der Waals surface area (Å²) < 4.78 is 27.4. The zero-order valence-electron chi connectivity index (χ0n) is 15.6. The van der Waals surface area contributed by atoms with Crippen LogP contribution in [0.1, 0.15) is 24.2 Å². The van der Waals surface area contributed by atoms with E-state index in [9.17, 15) is 0 Å². The number of hydrogen-bond donors (Lipinski definition) is 0. The normalized spacial score (nSPS) is 20.1. The summed E-state index contributed by atoms with van der Waals surface area (Å²) in [6.45, 7) is 2.19. The number of oxime groups is 1. The van der Waals surface area contributed by atoms with E-state index in [4.69, 9.17) is 28.5 Å². The van der Waals surface area contributed by atoms with Gasteiger partial charge in [-0.05, 0) is 35.9 Å². The molecule has 2 heterocycles. The van der Waals surface area contributed by atoms with E-state index >= 15 is 0 Å². The van der Waals surface area contributed by atoms with E-state index in [-0.39, 0.29) is 18.8 Å². The summed E-state index contributed by atoms with van der Waals surface area (Å²) >= 11 is 0. The van der Waals surface area contributed by atoms with E-state index in [1.807, 2.05) is 30.3 Å². The third-order valence-corrected chi connectivity index (χ3v) is 4.86. The maximum atomic E-state index is 5.80. The molecule has 2 aromatic carbocycles. The molecule has 2 atom stereocenters. The summed E-state index contributed by atoms with van der Waals surface area (Å²) in [5.41, 5.74) is 2.65. The van der Waals surface area contributed by atoms with Crippen LogP contribution in [-0.4, -0.2) is 33.8 Å². The molecule has 0 N–H and O–H groups in total. The zero-order valence-corrected chi connectivity index (χ0v) is 15.6. The Morgan fingerprint density at radius 1 is 0.963 bits per heavy atom. The molecular weight excluding hydrogens is 350 g/mol. The Hall–Kier alpha value is -3.09. The first kappa shape index (κ1) is 17.3. The number of nitrogens with zero attached hydrogens (tertiary/aromatic N) is 1. The zero-order chi connectivity index (χ0) is 19.0. The molecule has 0 bridgehead atoms. The second-order valence-electron chi connectivity index (χ2n) is 6.29. The van der Waals surface area contributed by atoms with Crippen molar-refractivity contribution in [3.05, 3.63) is 41.5 Å². The second-order valence-corrected chi connectivity index (χ2v) is 6.29. The van der Waals surface area contributed by atoms with Gasteiger partial charge in [0.25, 0.3) is 0 Å². The SMILES string of the molecule is COc1ccc(C2=NOC(c3cc(OC)c4c(c3OC)OCO4)C2C)cc1. The van der Waals surface area contributed by atoms with E-state index in [0.29, 0.717) is 23.0 Å². The minimum absolute atomic E-state index is 0.00243. The fourth-order valence-corrected chi connectivity index (χ4v) is 3.44. The largest absolute Gasteiger partial charge is 0.497 e. The number of methoxy groups -OCH3 is 3. The van der Waals surface area contributed by atoms with E-state index in [1.54, 1.807) is 21.3 Å². The third kappa shape index (κ3) is 2.79. The van der Waals surface area contributed by atoms with Crippen LogP contribution in [-0.2, 0) is 4.84 Å². The van der Waals surface area contributed by atoms with Gasteiger partial charge in [-0.2, -0.15) is 0 Å². The lowest BCUT2D eigenvalue weighted by Gasteiger charge is -2.20. The average molecular weight is 371 g/mol. The summed E-state index contributed by atoms with van der Waals surface area (Å²) in [5.74, 6) is 3.01. The molecule has 7 heteroatoms. The highest BCUT2D eigenvalue weighted by Gasteiger charge is 2.38. The van der Waals surface area contributed by atoms with Gasteiger partial charge in [0.15, 0.2) is 17.6 Å². The van der Waals surface area contributed by atoms with Crippen LogP contribution in [0.25, 0.3) is 0 Å². The predicted octanol–water partition coefficient (Wildman–Crippen LogP) is 3.55. The Bertz CT molecular complexity index is 877. The molecule has 0 saturated carbocycles. The molecule has 4 rings (SSSR count). The van der Waals surface area contributed by atoms with Crippen molar-refractivity contribution in [2.24, 2.45) is 11.1 Å². The molecule has 27 heavy (non-hydrogen) atoms. The van der Waals surface area contributed by atoms with Gasteiger partial charge in [0, 0.05) is 11.5 Å². The van der Waals surface area contributed by atoms with Gasteiger partial charge >= 0.3 is 0 Å². The van der Waals surface area contributed by atoms with Gasteiger partial charge in [0.1, 0.15) is 5.75 Å². The topological polar surface area (TPSA) is 67.7 Å². The van der Waals surface area contributed by atoms with Crippen LogP contribution in [0.2, 0.25) is 0 Å². The first-order valence-corrected chi connectivity index (χ1v) is 8.60. The van der Waals surface area contributed by atoms with Crippen molar-refractivity contribution in [3.8, 4) is 28.7 Å². The number of ether oxygens (including phenoxy) is 5. The summed E-state index contributed by atoms with van der Waals surface area (Å²) in [7, 11) is 4.83. The van der Waals surface area contributed by atoms with Gasteiger partial charge in [0.2, 0.25) is 18.3 Å². The Kier molecular flexibility index (Phi) is 4.43. The van der Waals surface area contributed by atoms with Crippen molar-refractivity contribution in [1.29, 1.82) is 0 Å². The molecule has 142 valence electrons. The Balaban J connectivity index is 1.69. The lowest BCUT2D eigenvalue weighted by molar-refractivity contribution is 0.0628. The molecule has 0 fully saturated rings. The van der Waals surface area contributed by atoms with Crippen LogP contribution in [0, 0.1) is 5.92 Å². The smallest absolute Gasteiger partial charge is 0.231 e. The second kappa shape index (κ2) is 6.90. The summed E-state index contributed by atoms with van der Waals surface area (Å²) in [4.78, 5) is 5.80. The molecule has 2 aliphatic rings. The van der Waals surface area contributed by atoms with Crippen LogP contribution < -0.4 is 23.7 Å². The number of benzene rings is 2. The van der Waals surface area contributed by atoms with E-state index in [2.05, 4.69) is 12.1 Å². The fourth-order valence-electron chi connectivity index (χ4n) is 3.44. The Morgan fingerprint density at radius 3 is 2.37 bits per heavy atom. The molecule has 0 radical (unpaired) electrons. The van der Waals surface area contributed by atoms with Crippen molar-refractivity contribution in [1.82, 2.24) is 0 Å². The average Bonchev–Trinajstić information content (AvgIpc) is 3.34. The molecule has 0 spiro atoms. The highest BCUT2D eigenvalue weighted by atomic mass is 16.7. The number of fused-ring (bicyclic) bond motifs is 1. The van der Waals surface area contributed by atoms with Crippen LogP contribution in [0.15, 0.2) is 35.5 Å². The summed E-state index contributed by atoms with van der Waals surface area (Å²) in [5, 5.41) is 4.33. The van der Waals surface area contributed by atoms with Gasteiger partial charge in [-0.3, -0.25) is 0 Å². The molecule has 0 aliphatic carbocycles. The van der Waals surface area contributed by atoms with Crippen LogP contribution >= 0.6 is 0 Å². The van der Waals surface area contributed by atoms with Crippen molar-refractivity contribution in [2.45, 2.75) is 13.0 Å². The minimum Gasteiger partial charge on any atom is -0.497 e. The van der Waals surface area contributed by atoms with Gasteiger partial charge in [0.05, 0.1) is 27.0 Å². The lowest BCUT2D eigenvalue weighted by atomic mass is 9.89. The first-order valence-electron chi connectivity index (χ1n) is 8.60. The van der Waals surface area contributed by atoms with Crippen LogP contribution in [0.3, 0.4) is 0 Å². The van der Waals surface area contributed by atoms with E-state index in [1.165, 1.54) is 0 Å². The van der Waals surface area contributed by atoms with Gasteiger partial charge in [-0.15, -0.1) is 0 Å². The minimum atomic E-state index is -0.333. The third-order valence-electron chi connectivity index (χ3n) is 4.86. The van der Waals surface area contributed by atoms with E-state index < -0.39 is 0 Å². The monoisotopic (exact) mass is 371 g/mol. The van der Waals surface area contributed by atoms with E-state index in [0.717, 1.165) is 22.6 Å². The molecule has 0 saturated heterocycles. The van der Waals surface area contributed by atoms with Crippen molar-refractivity contribution in [2.75, 3.05) is 28.1 Å². The number of hydrogen-bond acceptors (Lipinski definition) is 7. The first-order chi connectivity index (χ1) is 13.2. The number of rotatable bonds is 5. The van der Waals surface area contributed by atoms with Crippen molar-refractivity contribution >= 4 is 5.71 Å². The van der Waals surface area contributed by atoms with Crippen molar-refractivity contribution < 1.29 is 28.5 Å². The highest BCUT2D eigenvalue weighted by Crippen LogP contribution is 2.53. The van der Waals surface area contributed by atoms with Gasteiger partial charge in [-0.25, -0.2) is 0 Å². The van der Waals surface area contributed by atoms with Crippen LogP contribution in [0.4, 0.5) is 0 Å². The maximum absolute atomic E-state index is 5.80. The molecule has 2 aliphatic heterocycles. The molecule has 0 aromatic heterocycles. The summed E-state index contributed by atoms with van der Waals surface area (Å²) in [6, 6.07) is 9.61. The highest BCUT2D eigenvalue weighted by molar-refractivity contribution is 6.03. The molecular formula is C20H21NO6. The molecule has 2 aromatic rings. The Labute approximate surface area is 157 Å². The predicted molar refractivity (Wildman–Crippen MR) is 98.2 cm³/mol. The summed E-state index contributed by atoms with van der Waals surface area (Å²) in [6.07, 6.45) is -0.333. The Morgan fingerprint density at radius 2 is 1.70 bits per heavy atom. The van der Waals surface area contributed by atoms with Gasteiger partial charge in [-0.1, -0.05) is 12.1 Å². The molecule has 0 amide bonds. The van der Waals surface area contributed by atoms with Gasteiger partial charge < -0.3 is 28.5 Å².